The zero-order valence-electron chi connectivity index (χ0n) is 11.8. The van der Waals surface area contributed by atoms with Gasteiger partial charge in [0.2, 0.25) is 0 Å². The van der Waals surface area contributed by atoms with Crippen LogP contribution in [0.3, 0.4) is 0 Å². The van der Waals surface area contributed by atoms with Gasteiger partial charge in [0.25, 0.3) is 0 Å². The first-order chi connectivity index (χ1) is 9.94. The van der Waals surface area contributed by atoms with Gasteiger partial charge in [-0.3, -0.25) is 9.88 Å². The Kier molecular flexibility index (Phi) is 3.69. The van der Waals surface area contributed by atoms with Crippen LogP contribution in [0.25, 0.3) is 10.9 Å². The molecule has 0 bridgehead atoms. The van der Waals surface area contributed by atoms with Crippen LogP contribution in [0.15, 0.2) is 36.5 Å². The summed E-state index contributed by atoms with van der Waals surface area (Å²) in [5, 5.41) is 11.0. The lowest BCUT2D eigenvalue weighted by Gasteiger charge is -2.25. The number of nitrogens with zero attached hydrogens (tertiary/aromatic N) is 2. The molecule has 1 N–H and O–H groups in total. The smallest absolute Gasteiger partial charge is 0.154 e. The van der Waals surface area contributed by atoms with E-state index in [1.165, 1.54) is 0 Å². The normalized spacial score (nSPS) is 24.7. The van der Waals surface area contributed by atoms with Gasteiger partial charge in [-0.05, 0) is 24.7 Å². The molecule has 0 unspecified atom stereocenters. The quantitative estimate of drug-likeness (QED) is 0.909. The number of aliphatic hydroxyl groups excluding tert-OH is 1. The molecule has 6 heteroatoms. The average molecular weight is 306 g/mol. The van der Waals surface area contributed by atoms with Crippen LogP contribution in [-0.2, 0) is 16.4 Å². The molecule has 112 valence electrons. The first kappa shape index (κ1) is 14.4. The number of hydrogen-bond acceptors (Lipinski definition) is 5. The number of hydrogen-bond donors (Lipinski definition) is 1. The van der Waals surface area contributed by atoms with Crippen LogP contribution in [0.2, 0.25) is 0 Å². The second kappa shape index (κ2) is 5.36. The summed E-state index contributed by atoms with van der Waals surface area (Å²) in [4.78, 5) is 6.29. The van der Waals surface area contributed by atoms with E-state index in [4.69, 9.17) is 0 Å². The third kappa shape index (κ3) is 3.07. The Balaban J connectivity index is 1.78. The van der Waals surface area contributed by atoms with Gasteiger partial charge < -0.3 is 5.11 Å². The third-order valence-corrected chi connectivity index (χ3v) is 5.64. The van der Waals surface area contributed by atoms with E-state index < -0.39 is 15.9 Å². The van der Waals surface area contributed by atoms with Gasteiger partial charge in [0.05, 0.1) is 29.2 Å². The predicted octanol–water partition coefficient (Wildman–Crippen LogP) is 0.825. The van der Waals surface area contributed by atoms with Crippen molar-refractivity contribution in [3.8, 4) is 0 Å². The van der Waals surface area contributed by atoms with Crippen molar-refractivity contribution in [2.24, 2.45) is 0 Å². The molecule has 0 aliphatic carbocycles. The van der Waals surface area contributed by atoms with Crippen LogP contribution in [0.4, 0.5) is 0 Å². The molecule has 2 atom stereocenters. The van der Waals surface area contributed by atoms with Crippen molar-refractivity contribution < 1.29 is 13.5 Å². The number of benzene rings is 1. The highest BCUT2D eigenvalue weighted by atomic mass is 32.2. The zero-order chi connectivity index (χ0) is 15.0. The van der Waals surface area contributed by atoms with E-state index in [2.05, 4.69) is 11.1 Å². The van der Waals surface area contributed by atoms with E-state index in [9.17, 15) is 13.5 Å². The largest absolute Gasteiger partial charge is 0.390 e. The zero-order valence-corrected chi connectivity index (χ0v) is 12.6. The maximum Gasteiger partial charge on any atom is 0.154 e. The highest BCUT2D eigenvalue weighted by Gasteiger charge is 2.38. The molecule has 2 heterocycles. The molecular weight excluding hydrogens is 288 g/mol. The summed E-state index contributed by atoms with van der Waals surface area (Å²) in [6, 6.07) is 9.57. The molecule has 1 aliphatic rings. The fourth-order valence-corrected chi connectivity index (χ4v) is 4.72. The van der Waals surface area contributed by atoms with Gasteiger partial charge in [-0.2, -0.15) is 0 Å². The van der Waals surface area contributed by atoms with Gasteiger partial charge in [0.15, 0.2) is 9.84 Å². The Bertz CT molecular complexity index is 760. The van der Waals surface area contributed by atoms with Gasteiger partial charge in [-0.1, -0.05) is 18.2 Å². The first-order valence-electron chi connectivity index (χ1n) is 6.87. The van der Waals surface area contributed by atoms with Gasteiger partial charge in [-0.15, -0.1) is 0 Å². The molecule has 1 saturated heterocycles. The molecule has 1 aliphatic heterocycles. The number of likely N-dealkylation sites (N-methyl/N-ethyl adjacent to an activating group) is 1. The molecule has 0 saturated carbocycles. The number of para-hydroxylation sites is 1. The molecule has 1 aromatic heterocycles. The molecule has 3 rings (SSSR count). The minimum Gasteiger partial charge on any atom is -0.390 e. The summed E-state index contributed by atoms with van der Waals surface area (Å²) in [6.07, 6.45) is 0.989. The minimum atomic E-state index is -3.12. The van der Waals surface area contributed by atoms with Crippen LogP contribution in [-0.4, -0.2) is 54.1 Å². The molecule has 5 nitrogen and oxygen atoms in total. The summed E-state index contributed by atoms with van der Waals surface area (Å²) in [7, 11) is -1.29. The number of fused-ring (bicyclic) bond motifs is 1. The van der Waals surface area contributed by atoms with E-state index >= 15 is 0 Å². The second-order valence-corrected chi connectivity index (χ2v) is 7.82. The van der Waals surface area contributed by atoms with Crippen LogP contribution in [0, 0.1) is 0 Å². The van der Waals surface area contributed by atoms with Crippen molar-refractivity contribution in [3.05, 3.63) is 42.1 Å². The molecule has 0 amide bonds. The van der Waals surface area contributed by atoms with Crippen LogP contribution in [0.5, 0.6) is 0 Å². The summed E-state index contributed by atoms with van der Waals surface area (Å²) in [5.74, 6) is -0.121. The molecule has 21 heavy (non-hydrogen) atoms. The highest BCUT2D eigenvalue weighted by molar-refractivity contribution is 7.91. The number of aliphatic hydroxyl groups is 1. The Morgan fingerprint density at radius 3 is 2.81 bits per heavy atom. The van der Waals surface area contributed by atoms with E-state index in [0.717, 1.165) is 16.5 Å². The molecule has 0 radical (unpaired) electrons. The Morgan fingerprint density at radius 1 is 1.33 bits per heavy atom. The van der Waals surface area contributed by atoms with Crippen molar-refractivity contribution in [2.45, 2.75) is 18.7 Å². The van der Waals surface area contributed by atoms with E-state index in [-0.39, 0.29) is 17.5 Å². The lowest BCUT2D eigenvalue weighted by atomic mass is 10.1. The maximum absolute atomic E-state index is 11.6. The van der Waals surface area contributed by atoms with Crippen LogP contribution in [0.1, 0.15) is 5.56 Å². The topological polar surface area (TPSA) is 70.5 Å². The van der Waals surface area contributed by atoms with E-state index in [0.29, 0.717) is 6.54 Å². The fourth-order valence-electron chi connectivity index (χ4n) is 2.84. The molecule has 0 spiro atoms. The summed E-state index contributed by atoms with van der Waals surface area (Å²) < 4.78 is 23.2. The fraction of sp³-hybridized carbons (Fsp3) is 0.400. The minimum absolute atomic E-state index is 0.0195. The molecule has 1 aromatic carbocycles. The van der Waals surface area contributed by atoms with Gasteiger partial charge in [-0.25, -0.2) is 8.42 Å². The third-order valence-electron chi connectivity index (χ3n) is 3.94. The number of sulfone groups is 1. The lowest BCUT2D eigenvalue weighted by molar-refractivity contribution is 0.0957. The molecule has 1 fully saturated rings. The van der Waals surface area contributed by atoms with Crippen molar-refractivity contribution >= 4 is 20.7 Å². The lowest BCUT2D eigenvalue weighted by Crippen LogP contribution is -2.40. The summed E-state index contributed by atoms with van der Waals surface area (Å²) in [6.45, 7) is 0.565. The molecule has 2 aromatic rings. The van der Waals surface area contributed by atoms with E-state index in [1.54, 1.807) is 6.20 Å². The van der Waals surface area contributed by atoms with Crippen molar-refractivity contribution in [1.82, 2.24) is 9.88 Å². The van der Waals surface area contributed by atoms with Crippen molar-refractivity contribution in [1.29, 1.82) is 0 Å². The standard InChI is InChI=1S/C15H18N2O3S/c1-17(14-9-21(19,20)10-15(14)18)8-11-6-12-4-2-3-5-13(12)16-7-11/h2-7,14-15,18H,8-10H2,1H3/t14-,15-/m1/s1. The first-order valence-corrected chi connectivity index (χ1v) is 8.69. The Hall–Kier alpha value is -1.50. The number of aromatic nitrogens is 1. The SMILES string of the molecule is CN(Cc1cnc2ccccc2c1)[C@@H]1CS(=O)(=O)C[C@H]1O. The number of rotatable bonds is 3. The van der Waals surface area contributed by atoms with Gasteiger partial charge in [0.1, 0.15) is 0 Å². The van der Waals surface area contributed by atoms with Gasteiger partial charge >= 0.3 is 0 Å². The summed E-state index contributed by atoms with van der Waals surface area (Å²) in [5.41, 5.74) is 1.94. The van der Waals surface area contributed by atoms with Crippen molar-refractivity contribution in [3.63, 3.8) is 0 Å². The Labute approximate surface area is 124 Å². The maximum atomic E-state index is 11.6. The van der Waals surface area contributed by atoms with Gasteiger partial charge in [0, 0.05) is 18.1 Å². The van der Waals surface area contributed by atoms with Crippen LogP contribution < -0.4 is 0 Å². The number of pyridine rings is 1. The monoisotopic (exact) mass is 306 g/mol. The van der Waals surface area contributed by atoms with Crippen molar-refractivity contribution in [2.75, 3.05) is 18.6 Å². The van der Waals surface area contributed by atoms with Crippen LogP contribution >= 0.6 is 0 Å². The summed E-state index contributed by atoms with van der Waals surface area (Å²) >= 11 is 0. The average Bonchev–Trinajstić information content (AvgIpc) is 2.72. The second-order valence-electron chi connectivity index (χ2n) is 5.66. The predicted molar refractivity (Wildman–Crippen MR) is 81.7 cm³/mol. The Morgan fingerprint density at radius 2 is 2.10 bits per heavy atom. The highest BCUT2D eigenvalue weighted by Crippen LogP contribution is 2.20. The molecular formula is C15H18N2O3S. The van der Waals surface area contributed by atoms with E-state index in [1.807, 2.05) is 36.2 Å².